The molecular weight excluding hydrogens is 306 g/mol. The minimum Gasteiger partial charge on any atom is -0.385 e. The summed E-state index contributed by atoms with van der Waals surface area (Å²) in [5.41, 5.74) is 0.441. The topological polar surface area (TPSA) is 23.5 Å². The molecule has 1 aliphatic heterocycles. The third-order valence-electron chi connectivity index (χ3n) is 5.25. The van der Waals surface area contributed by atoms with Crippen LogP contribution in [-0.2, 0) is 5.60 Å². The van der Waals surface area contributed by atoms with Crippen LogP contribution in [0.15, 0.2) is 30.3 Å². The minimum atomic E-state index is -0.661. The van der Waals surface area contributed by atoms with Crippen molar-refractivity contribution in [2.75, 3.05) is 13.6 Å². The normalized spacial score (nSPS) is 21.4. The molecule has 0 aliphatic carbocycles. The third kappa shape index (κ3) is 6.10. The van der Waals surface area contributed by atoms with Gasteiger partial charge in [-0.05, 0) is 44.8 Å². The average Bonchev–Trinajstić information content (AvgIpc) is 2.55. The van der Waals surface area contributed by atoms with Crippen molar-refractivity contribution in [2.24, 2.45) is 0 Å². The van der Waals surface area contributed by atoms with Gasteiger partial charge in [-0.1, -0.05) is 69.4 Å². The zero-order valence-corrected chi connectivity index (χ0v) is 15.7. The molecule has 1 aromatic rings. The molecule has 2 unspecified atom stereocenters. The van der Waals surface area contributed by atoms with Crippen LogP contribution in [0.25, 0.3) is 0 Å². The molecule has 1 aliphatic rings. The Bertz CT molecular complexity index is 425. The summed E-state index contributed by atoms with van der Waals surface area (Å²) in [5.74, 6) is 0. The zero-order chi connectivity index (χ0) is 15.8. The van der Waals surface area contributed by atoms with E-state index in [1.54, 1.807) is 0 Å². The van der Waals surface area contributed by atoms with Crippen molar-refractivity contribution in [2.45, 2.75) is 76.4 Å². The largest absolute Gasteiger partial charge is 0.385 e. The maximum atomic E-state index is 11.4. The molecule has 0 bridgehead atoms. The number of piperidine rings is 1. The second kappa shape index (κ2) is 10.3. The Kier molecular flexibility index (Phi) is 9.19. The predicted octanol–water partition coefficient (Wildman–Crippen LogP) is 5.14. The average molecular weight is 340 g/mol. The lowest BCUT2D eigenvalue weighted by atomic mass is 9.80. The number of unbranched alkanes of at least 4 members (excludes halogenated alkanes) is 3. The van der Waals surface area contributed by atoms with Gasteiger partial charge in [0.2, 0.25) is 0 Å². The van der Waals surface area contributed by atoms with E-state index in [0.29, 0.717) is 6.04 Å². The molecule has 0 amide bonds. The van der Waals surface area contributed by atoms with Gasteiger partial charge in [-0.3, -0.25) is 0 Å². The Morgan fingerprint density at radius 1 is 1.13 bits per heavy atom. The van der Waals surface area contributed by atoms with E-state index in [0.717, 1.165) is 24.8 Å². The smallest absolute Gasteiger partial charge is 0.0911 e. The van der Waals surface area contributed by atoms with Crippen LogP contribution in [0.2, 0.25) is 0 Å². The highest BCUT2D eigenvalue weighted by atomic mass is 35.5. The molecule has 0 saturated carbocycles. The molecule has 1 heterocycles. The van der Waals surface area contributed by atoms with Gasteiger partial charge < -0.3 is 10.0 Å². The van der Waals surface area contributed by atoms with Crippen molar-refractivity contribution in [3.63, 3.8) is 0 Å². The summed E-state index contributed by atoms with van der Waals surface area (Å²) in [7, 11) is 2.21. The molecule has 23 heavy (non-hydrogen) atoms. The van der Waals surface area contributed by atoms with Gasteiger partial charge in [-0.15, -0.1) is 12.4 Å². The monoisotopic (exact) mass is 339 g/mol. The number of rotatable bonds is 8. The first-order valence-corrected chi connectivity index (χ1v) is 9.14. The first-order valence-electron chi connectivity index (χ1n) is 9.14. The Balaban J connectivity index is 0.00000264. The van der Waals surface area contributed by atoms with E-state index in [4.69, 9.17) is 0 Å². The number of halogens is 1. The quantitative estimate of drug-likeness (QED) is 0.663. The van der Waals surface area contributed by atoms with Gasteiger partial charge in [0.25, 0.3) is 0 Å². The molecule has 132 valence electrons. The highest BCUT2D eigenvalue weighted by Gasteiger charge is 2.34. The van der Waals surface area contributed by atoms with E-state index in [1.807, 2.05) is 6.07 Å². The fourth-order valence-corrected chi connectivity index (χ4v) is 3.75. The maximum absolute atomic E-state index is 11.4. The van der Waals surface area contributed by atoms with Gasteiger partial charge in [0, 0.05) is 6.04 Å². The van der Waals surface area contributed by atoms with Gasteiger partial charge in [0.1, 0.15) is 0 Å². The summed E-state index contributed by atoms with van der Waals surface area (Å²) >= 11 is 0. The molecule has 0 spiro atoms. The van der Waals surface area contributed by atoms with E-state index in [2.05, 4.69) is 43.1 Å². The Morgan fingerprint density at radius 2 is 1.87 bits per heavy atom. The number of hydrogen-bond donors (Lipinski definition) is 1. The molecule has 2 rings (SSSR count). The Labute approximate surface area is 148 Å². The van der Waals surface area contributed by atoms with Crippen molar-refractivity contribution < 1.29 is 5.11 Å². The van der Waals surface area contributed by atoms with Gasteiger partial charge in [0.05, 0.1) is 5.60 Å². The van der Waals surface area contributed by atoms with Crippen molar-refractivity contribution in [3.05, 3.63) is 35.9 Å². The van der Waals surface area contributed by atoms with Crippen LogP contribution in [0.1, 0.15) is 70.3 Å². The van der Waals surface area contributed by atoms with E-state index in [9.17, 15) is 5.11 Å². The van der Waals surface area contributed by atoms with Crippen LogP contribution in [0.4, 0.5) is 0 Å². The second-order valence-corrected chi connectivity index (χ2v) is 7.04. The number of nitrogens with zero attached hydrogens (tertiary/aromatic N) is 1. The van der Waals surface area contributed by atoms with E-state index >= 15 is 0 Å². The summed E-state index contributed by atoms with van der Waals surface area (Å²) in [6.45, 7) is 3.41. The first kappa shape index (κ1) is 20.5. The molecule has 1 N–H and O–H groups in total. The maximum Gasteiger partial charge on any atom is 0.0911 e. The highest BCUT2D eigenvalue weighted by Crippen LogP contribution is 2.35. The van der Waals surface area contributed by atoms with Gasteiger partial charge in [-0.2, -0.15) is 0 Å². The van der Waals surface area contributed by atoms with Crippen LogP contribution in [0.5, 0.6) is 0 Å². The molecule has 1 aromatic carbocycles. The molecule has 1 fully saturated rings. The number of benzene rings is 1. The summed E-state index contributed by atoms with van der Waals surface area (Å²) in [6, 6.07) is 10.9. The molecular formula is C20H34ClNO. The summed E-state index contributed by atoms with van der Waals surface area (Å²) in [5, 5.41) is 11.4. The highest BCUT2D eigenvalue weighted by molar-refractivity contribution is 5.85. The number of hydrogen-bond acceptors (Lipinski definition) is 2. The van der Waals surface area contributed by atoms with Crippen molar-refractivity contribution >= 4 is 12.4 Å². The van der Waals surface area contributed by atoms with E-state index in [1.165, 1.54) is 45.1 Å². The predicted molar refractivity (Wildman–Crippen MR) is 101 cm³/mol. The van der Waals surface area contributed by atoms with Crippen molar-refractivity contribution in [1.82, 2.24) is 4.90 Å². The van der Waals surface area contributed by atoms with Crippen LogP contribution >= 0.6 is 12.4 Å². The third-order valence-corrected chi connectivity index (χ3v) is 5.25. The lowest BCUT2D eigenvalue weighted by Crippen LogP contribution is -2.42. The van der Waals surface area contributed by atoms with E-state index < -0.39 is 5.60 Å². The molecule has 1 saturated heterocycles. The fraction of sp³-hybridized carbons (Fsp3) is 0.700. The minimum absolute atomic E-state index is 0. The van der Waals surface area contributed by atoms with Crippen LogP contribution < -0.4 is 0 Å². The zero-order valence-electron chi connectivity index (χ0n) is 14.8. The van der Waals surface area contributed by atoms with Gasteiger partial charge in [0.15, 0.2) is 0 Å². The number of aliphatic hydroxyl groups is 1. The van der Waals surface area contributed by atoms with Gasteiger partial charge >= 0.3 is 0 Å². The van der Waals surface area contributed by atoms with Crippen LogP contribution in [0.3, 0.4) is 0 Å². The van der Waals surface area contributed by atoms with E-state index in [-0.39, 0.29) is 12.4 Å². The van der Waals surface area contributed by atoms with Crippen molar-refractivity contribution in [1.29, 1.82) is 0 Å². The first-order chi connectivity index (χ1) is 10.7. The molecule has 2 atom stereocenters. The fourth-order valence-electron chi connectivity index (χ4n) is 3.75. The summed E-state index contributed by atoms with van der Waals surface area (Å²) in [6.07, 6.45) is 10.5. The van der Waals surface area contributed by atoms with Crippen LogP contribution in [0, 0.1) is 0 Å². The SMILES string of the molecule is CCCCCCC(O)(CC1CCCCN1C)c1ccccc1.Cl. The summed E-state index contributed by atoms with van der Waals surface area (Å²) < 4.78 is 0. The Hall–Kier alpha value is -0.570. The lowest BCUT2D eigenvalue weighted by molar-refractivity contribution is -0.0150. The van der Waals surface area contributed by atoms with Gasteiger partial charge in [-0.25, -0.2) is 0 Å². The lowest BCUT2D eigenvalue weighted by Gasteiger charge is -2.39. The molecule has 0 aromatic heterocycles. The van der Waals surface area contributed by atoms with Crippen molar-refractivity contribution in [3.8, 4) is 0 Å². The standard InChI is InChI=1S/C20H33NO.ClH/c1-3-4-5-10-15-20(22,18-12-7-6-8-13-18)17-19-14-9-11-16-21(19)2;/h6-8,12-13,19,22H,3-5,9-11,14-17H2,1-2H3;1H. The molecule has 3 heteroatoms. The molecule has 0 radical (unpaired) electrons. The second-order valence-electron chi connectivity index (χ2n) is 7.04. The summed E-state index contributed by atoms with van der Waals surface area (Å²) in [4.78, 5) is 2.45. The molecule has 2 nitrogen and oxygen atoms in total. The van der Waals surface area contributed by atoms with Crippen LogP contribution in [-0.4, -0.2) is 29.6 Å². The Morgan fingerprint density at radius 3 is 2.52 bits per heavy atom. The number of likely N-dealkylation sites (tertiary alicyclic amines) is 1.